The minimum atomic E-state index is -4.46. The van der Waals surface area contributed by atoms with Gasteiger partial charge in [0.05, 0.1) is 10.5 Å². The van der Waals surface area contributed by atoms with Gasteiger partial charge in [0.2, 0.25) is 10.0 Å². The molecule has 9 heteroatoms. The molecule has 0 N–H and O–H groups in total. The lowest BCUT2D eigenvalue weighted by Crippen LogP contribution is -2.50. The minimum absolute atomic E-state index is 0.126. The number of hydrogen-bond donors (Lipinski definition) is 0. The quantitative estimate of drug-likeness (QED) is 0.723. The second kappa shape index (κ2) is 8.39. The van der Waals surface area contributed by atoms with Gasteiger partial charge >= 0.3 is 6.18 Å². The van der Waals surface area contributed by atoms with Crippen LogP contribution in [0.1, 0.15) is 41.3 Å². The van der Waals surface area contributed by atoms with Crippen molar-refractivity contribution < 1.29 is 26.4 Å². The highest BCUT2D eigenvalue weighted by molar-refractivity contribution is 7.89. The molecule has 1 saturated heterocycles. The van der Waals surface area contributed by atoms with Crippen LogP contribution in [-0.2, 0) is 16.2 Å². The number of carbonyl (C=O) groups excluding carboxylic acids is 1. The van der Waals surface area contributed by atoms with E-state index in [9.17, 15) is 26.4 Å². The first-order chi connectivity index (χ1) is 14.0. The molecule has 0 unspecified atom stereocenters. The van der Waals surface area contributed by atoms with Crippen LogP contribution in [-0.4, -0.2) is 49.7 Å². The van der Waals surface area contributed by atoms with E-state index in [4.69, 9.17) is 0 Å². The van der Waals surface area contributed by atoms with Crippen LogP contribution in [0.4, 0.5) is 13.2 Å². The fraction of sp³-hybridized carbons (Fsp3) is 0.381. The van der Waals surface area contributed by atoms with Crippen molar-refractivity contribution in [3.05, 3.63) is 65.2 Å². The molecule has 0 spiro atoms. The summed E-state index contributed by atoms with van der Waals surface area (Å²) in [6, 6.07) is 10.8. The van der Waals surface area contributed by atoms with Crippen molar-refractivity contribution in [2.24, 2.45) is 0 Å². The van der Waals surface area contributed by atoms with Crippen LogP contribution in [0.2, 0.25) is 0 Å². The topological polar surface area (TPSA) is 57.7 Å². The largest absolute Gasteiger partial charge is 0.416 e. The molecule has 1 amide bonds. The molecule has 2 aromatic carbocycles. The van der Waals surface area contributed by atoms with Gasteiger partial charge in [0.25, 0.3) is 5.91 Å². The molecule has 1 heterocycles. The Bertz CT molecular complexity index is 993. The Labute approximate surface area is 174 Å². The Morgan fingerprint density at radius 1 is 0.900 bits per heavy atom. The average Bonchev–Trinajstić information content (AvgIpc) is 2.73. The number of benzene rings is 2. The van der Waals surface area contributed by atoms with Crippen molar-refractivity contribution in [3.63, 3.8) is 0 Å². The van der Waals surface area contributed by atoms with Crippen LogP contribution >= 0.6 is 0 Å². The Morgan fingerprint density at radius 2 is 1.43 bits per heavy atom. The molecular weight excluding hydrogens is 417 g/mol. The molecule has 3 rings (SSSR count). The molecule has 162 valence electrons. The van der Waals surface area contributed by atoms with Crippen LogP contribution in [0.5, 0.6) is 0 Å². The molecule has 30 heavy (non-hydrogen) atoms. The summed E-state index contributed by atoms with van der Waals surface area (Å²) in [7, 11) is -3.67. The number of hydrogen-bond acceptors (Lipinski definition) is 3. The summed E-state index contributed by atoms with van der Waals surface area (Å²) in [5.74, 6) is -0.122. The molecule has 2 aromatic rings. The summed E-state index contributed by atoms with van der Waals surface area (Å²) in [6.45, 7) is 4.64. The lowest BCUT2D eigenvalue weighted by molar-refractivity contribution is -0.137. The van der Waals surface area contributed by atoms with Crippen molar-refractivity contribution in [2.75, 3.05) is 26.2 Å². The molecular formula is C21H23F3N2O3S. The smallest absolute Gasteiger partial charge is 0.336 e. The molecule has 1 fully saturated rings. The van der Waals surface area contributed by atoms with Gasteiger partial charge in [-0.15, -0.1) is 0 Å². The van der Waals surface area contributed by atoms with Crippen LogP contribution in [0.25, 0.3) is 0 Å². The maximum Gasteiger partial charge on any atom is 0.416 e. The normalized spacial score (nSPS) is 16.1. The Morgan fingerprint density at radius 3 is 1.90 bits per heavy atom. The van der Waals surface area contributed by atoms with Gasteiger partial charge in [-0.3, -0.25) is 4.79 Å². The third-order valence-electron chi connectivity index (χ3n) is 5.17. The highest BCUT2D eigenvalue weighted by Crippen LogP contribution is 2.29. The molecule has 1 aliphatic rings. The first-order valence-corrected chi connectivity index (χ1v) is 11.0. The highest BCUT2D eigenvalue weighted by Gasteiger charge is 2.32. The van der Waals surface area contributed by atoms with E-state index in [0.717, 1.165) is 29.8 Å². The second-order valence-electron chi connectivity index (χ2n) is 7.50. The van der Waals surface area contributed by atoms with Crippen LogP contribution in [0.15, 0.2) is 53.4 Å². The summed E-state index contributed by atoms with van der Waals surface area (Å²) < 4.78 is 65.1. The number of piperazine rings is 1. The molecule has 0 aliphatic carbocycles. The fourth-order valence-corrected chi connectivity index (χ4v) is 4.71. The standard InChI is InChI=1S/C21H23F3N2O3S/c1-15(2)16-5-9-19(10-6-16)30(28,29)26-13-11-25(12-14-26)20(27)17-3-7-18(8-4-17)21(22,23)24/h3-10,15H,11-14H2,1-2H3. The molecule has 0 bridgehead atoms. The van der Waals surface area contributed by atoms with Gasteiger partial charge in [0.15, 0.2) is 0 Å². The summed E-state index contributed by atoms with van der Waals surface area (Å²) in [4.78, 5) is 14.2. The SMILES string of the molecule is CC(C)c1ccc(S(=O)(=O)N2CCN(C(=O)c3ccc(C(F)(F)F)cc3)CC2)cc1. The molecule has 0 aromatic heterocycles. The van der Waals surface area contributed by atoms with E-state index >= 15 is 0 Å². The molecule has 0 atom stereocenters. The van der Waals surface area contributed by atoms with Crippen molar-refractivity contribution in [2.45, 2.75) is 30.8 Å². The van der Waals surface area contributed by atoms with E-state index in [1.54, 1.807) is 24.3 Å². The van der Waals surface area contributed by atoms with Gasteiger partial charge in [-0.1, -0.05) is 26.0 Å². The zero-order valence-electron chi connectivity index (χ0n) is 16.7. The third-order valence-corrected chi connectivity index (χ3v) is 7.08. The van der Waals surface area contributed by atoms with E-state index in [1.165, 1.54) is 9.21 Å². The van der Waals surface area contributed by atoms with Gasteiger partial charge in [-0.05, 0) is 47.9 Å². The molecule has 1 aliphatic heterocycles. The van der Waals surface area contributed by atoms with Crippen molar-refractivity contribution in [3.8, 4) is 0 Å². The van der Waals surface area contributed by atoms with Gasteiger partial charge in [0, 0.05) is 31.7 Å². The zero-order chi connectivity index (χ0) is 22.1. The monoisotopic (exact) mass is 440 g/mol. The first kappa shape index (κ1) is 22.3. The predicted octanol–water partition coefficient (Wildman–Crippen LogP) is 3.98. The number of nitrogens with zero attached hydrogens (tertiary/aromatic N) is 2. The predicted molar refractivity (Wildman–Crippen MR) is 107 cm³/mol. The van der Waals surface area contributed by atoms with Gasteiger partial charge in [0.1, 0.15) is 0 Å². The summed E-state index contributed by atoms with van der Waals surface area (Å²) in [5.41, 5.74) is 0.364. The second-order valence-corrected chi connectivity index (χ2v) is 9.43. The number of rotatable bonds is 4. The van der Waals surface area contributed by atoms with Crippen molar-refractivity contribution in [1.82, 2.24) is 9.21 Å². The number of amides is 1. The fourth-order valence-electron chi connectivity index (χ4n) is 3.29. The lowest BCUT2D eigenvalue weighted by atomic mass is 10.0. The van der Waals surface area contributed by atoms with Crippen LogP contribution in [0, 0.1) is 0 Å². The third kappa shape index (κ3) is 4.67. The highest BCUT2D eigenvalue weighted by atomic mass is 32.2. The Hall–Kier alpha value is -2.39. The number of halogens is 3. The number of alkyl halides is 3. The van der Waals surface area contributed by atoms with E-state index in [2.05, 4.69) is 0 Å². The van der Waals surface area contributed by atoms with E-state index in [-0.39, 0.29) is 36.6 Å². The maximum atomic E-state index is 12.9. The summed E-state index contributed by atoms with van der Waals surface area (Å²) >= 11 is 0. The van der Waals surface area contributed by atoms with E-state index < -0.39 is 27.7 Å². The summed E-state index contributed by atoms with van der Waals surface area (Å²) in [6.07, 6.45) is -4.46. The van der Waals surface area contributed by atoms with Crippen LogP contribution < -0.4 is 0 Å². The number of carbonyl (C=O) groups is 1. The van der Waals surface area contributed by atoms with Gasteiger partial charge < -0.3 is 4.90 Å². The van der Waals surface area contributed by atoms with Crippen molar-refractivity contribution in [1.29, 1.82) is 0 Å². The van der Waals surface area contributed by atoms with Crippen LogP contribution in [0.3, 0.4) is 0 Å². The average molecular weight is 440 g/mol. The van der Waals surface area contributed by atoms with Gasteiger partial charge in [-0.25, -0.2) is 8.42 Å². The Kier molecular flexibility index (Phi) is 6.24. The van der Waals surface area contributed by atoms with E-state index in [0.29, 0.717) is 5.92 Å². The van der Waals surface area contributed by atoms with Gasteiger partial charge in [-0.2, -0.15) is 17.5 Å². The summed E-state index contributed by atoms with van der Waals surface area (Å²) in [5, 5.41) is 0. The molecule has 0 saturated carbocycles. The number of sulfonamides is 1. The van der Waals surface area contributed by atoms with E-state index in [1.807, 2.05) is 13.8 Å². The molecule has 5 nitrogen and oxygen atoms in total. The zero-order valence-corrected chi connectivity index (χ0v) is 17.5. The Balaban J connectivity index is 1.65. The first-order valence-electron chi connectivity index (χ1n) is 9.57. The van der Waals surface area contributed by atoms with Crippen molar-refractivity contribution >= 4 is 15.9 Å². The minimum Gasteiger partial charge on any atom is -0.336 e. The molecule has 0 radical (unpaired) electrons. The maximum absolute atomic E-state index is 12.9. The lowest BCUT2D eigenvalue weighted by Gasteiger charge is -2.34.